The minimum Gasteiger partial charge on any atom is -0.325 e. The fourth-order valence-corrected chi connectivity index (χ4v) is 3.39. The van der Waals surface area contributed by atoms with Gasteiger partial charge in [0, 0.05) is 12.7 Å². The molecule has 7 heteroatoms. The first-order valence-corrected chi connectivity index (χ1v) is 9.58. The molecule has 0 saturated carbocycles. The molecule has 1 aromatic heterocycles. The van der Waals surface area contributed by atoms with Gasteiger partial charge in [0.1, 0.15) is 5.82 Å². The Morgan fingerprint density at radius 3 is 2.56 bits per heavy atom. The van der Waals surface area contributed by atoms with Crippen LogP contribution in [0.4, 0.5) is 10.1 Å². The van der Waals surface area contributed by atoms with Crippen LogP contribution in [0.2, 0.25) is 0 Å². The van der Waals surface area contributed by atoms with Crippen LogP contribution in [-0.2, 0) is 18.3 Å². The number of thioether (sulfide) groups is 1. The van der Waals surface area contributed by atoms with Gasteiger partial charge in [0.15, 0.2) is 11.0 Å². The fourth-order valence-electron chi connectivity index (χ4n) is 2.57. The molecule has 0 unspecified atom stereocenters. The van der Waals surface area contributed by atoms with E-state index in [1.165, 1.54) is 23.4 Å². The lowest BCUT2D eigenvalue weighted by Gasteiger charge is -2.12. The molecular weight excluding hydrogens is 363 g/mol. The van der Waals surface area contributed by atoms with Crippen LogP contribution in [0.3, 0.4) is 0 Å². The molecule has 0 fully saturated rings. The van der Waals surface area contributed by atoms with E-state index in [9.17, 15) is 9.18 Å². The van der Waals surface area contributed by atoms with Gasteiger partial charge >= 0.3 is 0 Å². The number of nitrogens with zero attached hydrogens (tertiary/aromatic N) is 3. The number of carbonyl (C=O) groups is 1. The first-order chi connectivity index (χ1) is 13.0. The van der Waals surface area contributed by atoms with Crippen molar-refractivity contribution in [2.75, 3.05) is 5.32 Å². The maximum Gasteiger partial charge on any atom is 0.237 e. The zero-order valence-corrected chi connectivity index (χ0v) is 16.3. The minimum atomic E-state index is -0.382. The zero-order chi connectivity index (χ0) is 19.4. The number of aryl methyl sites for hydroxylation is 1. The lowest BCUT2D eigenvalue weighted by molar-refractivity contribution is -0.115. The van der Waals surface area contributed by atoms with Gasteiger partial charge in [-0.1, -0.05) is 43.0 Å². The van der Waals surface area contributed by atoms with E-state index >= 15 is 0 Å². The van der Waals surface area contributed by atoms with E-state index in [1.54, 1.807) is 36.7 Å². The average Bonchev–Trinajstić information content (AvgIpc) is 3.03. The second-order valence-electron chi connectivity index (χ2n) is 6.14. The van der Waals surface area contributed by atoms with E-state index < -0.39 is 0 Å². The Kier molecular flexibility index (Phi) is 5.91. The van der Waals surface area contributed by atoms with E-state index in [-0.39, 0.29) is 17.0 Å². The molecule has 140 valence electrons. The third-order valence-electron chi connectivity index (χ3n) is 4.23. The van der Waals surface area contributed by atoms with Crippen LogP contribution in [0.1, 0.15) is 19.4 Å². The Bertz CT molecular complexity index is 939. The smallest absolute Gasteiger partial charge is 0.237 e. The summed E-state index contributed by atoms with van der Waals surface area (Å²) >= 11 is 1.28. The number of hydrogen-bond acceptors (Lipinski definition) is 4. The van der Waals surface area contributed by atoms with Gasteiger partial charge in [-0.05, 0) is 43.2 Å². The number of anilines is 1. The lowest BCUT2D eigenvalue weighted by Crippen LogP contribution is -2.22. The Balaban J connectivity index is 1.69. The Morgan fingerprint density at radius 2 is 1.89 bits per heavy atom. The quantitative estimate of drug-likeness (QED) is 0.644. The number of hydrogen-bond donors (Lipinski definition) is 1. The van der Waals surface area contributed by atoms with Crippen LogP contribution < -0.4 is 5.32 Å². The molecule has 2 aromatic carbocycles. The highest BCUT2D eigenvalue weighted by atomic mass is 32.2. The predicted octanol–water partition coefficient (Wildman–Crippen LogP) is 4.30. The number of aromatic nitrogens is 3. The Morgan fingerprint density at radius 1 is 1.19 bits per heavy atom. The van der Waals surface area contributed by atoms with Gasteiger partial charge in [0.2, 0.25) is 5.91 Å². The number of nitrogens with one attached hydrogen (secondary N) is 1. The van der Waals surface area contributed by atoms with E-state index in [0.717, 1.165) is 12.1 Å². The first kappa shape index (κ1) is 19.1. The van der Waals surface area contributed by atoms with Crippen molar-refractivity contribution in [2.45, 2.75) is 30.7 Å². The van der Waals surface area contributed by atoms with Crippen molar-refractivity contribution in [3.05, 3.63) is 59.9 Å². The van der Waals surface area contributed by atoms with E-state index in [4.69, 9.17) is 0 Å². The summed E-state index contributed by atoms with van der Waals surface area (Å²) in [5.41, 5.74) is 2.36. The standard InChI is InChI=1S/C20H21FN4OS/c1-4-14-9-11-15(12-10-14)22-19(26)13(2)27-20-24-23-18(25(20)3)16-7-5-6-8-17(16)21/h5-13H,4H2,1-3H3,(H,22,26)/t13-/m1/s1. The van der Waals surface area contributed by atoms with Crippen LogP contribution in [0.5, 0.6) is 0 Å². The molecule has 5 nitrogen and oxygen atoms in total. The summed E-state index contributed by atoms with van der Waals surface area (Å²) in [4.78, 5) is 12.5. The molecule has 3 rings (SSSR count). The molecule has 0 spiro atoms. The van der Waals surface area contributed by atoms with E-state index in [1.807, 2.05) is 24.3 Å². The van der Waals surface area contributed by atoms with Crippen LogP contribution in [0.15, 0.2) is 53.7 Å². The van der Waals surface area contributed by atoms with Gasteiger partial charge in [0.25, 0.3) is 0 Å². The normalized spacial score (nSPS) is 12.0. The van der Waals surface area contributed by atoms with Gasteiger partial charge in [-0.2, -0.15) is 0 Å². The largest absolute Gasteiger partial charge is 0.325 e. The van der Waals surface area contributed by atoms with Crippen molar-refractivity contribution in [1.82, 2.24) is 14.8 Å². The molecule has 0 aliphatic carbocycles. The van der Waals surface area contributed by atoms with Gasteiger partial charge in [-0.3, -0.25) is 4.79 Å². The molecular formula is C20H21FN4OS. The molecule has 1 atom stereocenters. The van der Waals surface area contributed by atoms with Crippen molar-refractivity contribution < 1.29 is 9.18 Å². The summed E-state index contributed by atoms with van der Waals surface area (Å²) in [5.74, 6) is -0.0519. The summed E-state index contributed by atoms with van der Waals surface area (Å²) in [5, 5.41) is 11.3. The first-order valence-electron chi connectivity index (χ1n) is 8.70. The highest BCUT2D eigenvalue weighted by Gasteiger charge is 2.20. The maximum atomic E-state index is 14.0. The highest BCUT2D eigenvalue weighted by Crippen LogP contribution is 2.27. The molecule has 3 aromatic rings. The van der Waals surface area contributed by atoms with E-state index in [2.05, 4.69) is 22.4 Å². The number of benzene rings is 2. The minimum absolute atomic E-state index is 0.125. The van der Waals surface area contributed by atoms with Gasteiger partial charge in [0.05, 0.1) is 10.8 Å². The molecule has 1 heterocycles. The number of rotatable bonds is 6. The molecule has 0 radical (unpaired) electrons. The average molecular weight is 384 g/mol. The molecule has 0 bridgehead atoms. The number of halogens is 1. The Labute approximate surface area is 162 Å². The topological polar surface area (TPSA) is 59.8 Å². The molecule has 1 N–H and O–H groups in total. The van der Waals surface area contributed by atoms with Crippen molar-refractivity contribution in [3.63, 3.8) is 0 Å². The van der Waals surface area contributed by atoms with Crippen molar-refractivity contribution >= 4 is 23.4 Å². The molecule has 0 saturated heterocycles. The lowest BCUT2D eigenvalue weighted by atomic mass is 10.1. The van der Waals surface area contributed by atoms with Crippen molar-refractivity contribution in [2.24, 2.45) is 7.05 Å². The van der Waals surface area contributed by atoms with Gasteiger partial charge in [-0.15, -0.1) is 10.2 Å². The molecule has 0 aliphatic rings. The summed E-state index contributed by atoms with van der Waals surface area (Å²) < 4.78 is 15.7. The third kappa shape index (κ3) is 4.36. The third-order valence-corrected chi connectivity index (χ3v) is 5.36. The summed E-state index contributed by atoms with van der Waals surface area (Å²) in [6, 6.07) is 14.2. The fraction of sp³-hybridized carbons (Fsp3) is 0.250. The summed E-state index contributed by atoms with van der Waals surface area (Å²) in [6.07, 6.45) is 0.955. The van der Waals surface area contributed by atoms with E-state index in [0.29, 0.717) is 16.5 Å². The second kappa shape index (κ2) is 8.35. The van der Waals surface area contributed by atoms with Crippen molar-refractivity contribution in [1.29, 1.82) is 0 Å². The number of amides is 1. The monoisotopic (exact) mass is 384 g/mol. The van der Waals surface area contributed by atoms with Crippen LogP contribution in [0.25, 0.3) is 11.4 Å². The predicted molar refractivity (Wildman–Crippen MR) is 106 cm³/mol. The van der Waals surface area contributed by atoms with Gasteiger partial charge in [-0.25, -0.2) is 4.39 Å². The molecule has 1 amide bonds. The van der Waals surface area contributed by atoms with Crippen LogP contribution in [0, 0.1) is 5.82 Å². The van der Waals surface area contributed by atoms with Crippen molar-refractivity contribution in [3.8, 4) is 11.4 Å². The zero-order valence-electron chi connectivity index (χ0n) is 15.4. The maximum absolute atomic E-state index is 14.0. The SMILES string of the molecule is CCc1ccc(NC(=O)[C@@H](C)Sc2nnc(-c3ccccc3F)n2C)cc1. The number of carbonyl (C=O) groups excluding carboxylic acids is 1. The van der Waals surface area contributed by atoms with Crippen LogP contribution >= 0.6 is 11.8 Å². The summed E-state index contributed by atoms with van der Waals surface area (Å²) in [7, 11) is 1.76. The highest BCUT2D eigenvalue weighted by molar-refractivity contribution is 8.00. The van der Waals surface area contributed by atoms with Gasteiger partial charge < -0.3 is 9.88 Å². The summed E-state index contributed by atoms with van der Waals surface area (Å²) in [6.45, 7) is 3.89. The van der Waals surface area contributed by atoms with Crippen LogP contribution in [-0.4, -0.2) is 25.9 Å². The second-order valence-corrected chi connectivity index (χ2v) is 7.45. The molecule has 0 aliphatic heterocycles. The Hall–Kier alpha value is -2.67. The molecule has 27 heavy (non-hydrogen) atoms.